The number of hydrogen-bond acceptors (Lipinski definition) is 1. The SMILES string of the molecule is Cc1cccc2c(=O)n(C)c3ccccc3c12. The van der Waals surface area contributed by atoms with Gasteiger partial charge in [-0.3, -0.25) is 4.79 Å². The van der Waals surface area contributed by atoms with E-state index in [0.29, 0.717) is 0 Å². The zero-order valence-electron chi connectivity index (χ0n) is 9.90. The van der Waals surface area contributed by atoms with Crippen LogP contribution in [-0.4, -0.2) is 4.57 Å². The van der Waals surface area contributed by atoms with Gasteiger partial charge in [-0.25, -0.2) is 0 Å². The van der Waals surface area contributed by atoms with E-state index in [1.165, 1.54) is 0 Å². The number of pyridine rings is 1. The maximum Gasteiger partial charge on any atom is 0.258 e. The Morgan fingerprint density at radius 3 is 2.47 bits per heavy atom. The lowest BCUT2D eigenvalue weighted by atomic mass is 10.0. The predicted octanol–water partition coefficient (Wildman–Crippen LogP) is 3.00. The van der Waals surface area contributed by atoms with Gasteiger partial charge in [0.1, 0.15) is 0 Å². The molecule has 0 atom stereocenters. The van der Waals surface area contributed by atoms with Crippen molar-refractivity contribution in [3.63, 3.8) is 0 Å². The lowest BCUT2D eigenvalue weighted by molar-refractivity contribution is 0.918. The molecule has 0 aliphatic heterocycles. The van der Waals surface area contributed by atoms with E-state index in [1.54, 1.807) is 4.57 Å². The van der Waals surface area contributed by atoms with Crippen LogP contribution in [0.25, 0.3) is 21.7 Å². The summed E-state index contributed by atoms with van der Waals surface area (Å²) >= 11 is 0. The molecule has 0 aliphatic rings. The molecule has 1 heterocycles. The van der Waals surface area contributed by atoms with E-state index in [-0.39, 0.29) is 5.56 Å². The number of fused-ring (bicyclic) bond motifs is 3. The second kappa shape index (κ2) is 3.45. The third-order valence-electron chi connectivity index (χ3n) is 3.34. The molecule has 0 unspecified atom stereocenters. The van der Waals surface area contributed by atoms with Crippen LogP contribution in [0.1, 0.15) is 5.56 Å². The van der Waals surface area contributed by atoms with Gasteiger partial charge >= 0.3 is 0 Å². The van der Waals surface area contributed by atoms with Crippen molar-refractivity contribution >= 4 is 21.7 Å². The Kier molecular flexibility index (Phi) is 2.05. The lowest BCUT2D eigenvalue weighted by Gasteiger charge is -2.10. The van der Waals surface area contributed by atoms with E-state index >= 15 is 0 Å². The van der Waals surface area contributed by atoms with Crippen LogP contribution in [0.15, 0.2) is 47.3 Å². The van der Waals surface area contributed by atoms with Crippen molar-refractivity contribution in [1.82, 2.24) is 4.57 Å². The van der Waals surface area contributed by atoms with Crippen molar-refractivity contribution in [2.45, 2.75) is 6.92 Å². The molecule has 1 aromatic heterocycles. The molecule has 84 valence electrons. The third-order valence-corrected chi connectivity index (χ3v) is 3.34. The number of rotatable bonds is 0. The van der Waals surface area contributed by atoms with E-state index in [4.69, 9.17) is 0 Å². The summed E-state index contributed by atoms with van der Waals surface area (Å²) in [6, 6.07) is 13.9. The fourth-order valence-corrected chi connectivity index (χ4v) is 2.47. The second-order valence-electron chi connectivity index (χ2n) is 4.38. The van der Waals surface area contributed by atoms with E-state index < -0.39 is 0 Å². The molecule has 2 aromatic carbocycles. The first-order valence-corrected chi connectivity index (χ1v) is 5.67. The zero-order valence-corrected chi connectivity index (χ0v) is 9.90. The Bertz CT molecular complexity index is 784. The van der Waals surface area contributed by atoms with Crippen molar-refractivity contribution in [2.75, 3.05) is 0 Å². The van der Waals surface area contributed by atoms with Crippen molar-refractivity contribution in [2.24, 2.45) is 7.05 Å². The first-order valence-electron chi connectivity index (χ1n) is 5.67. The second-order valence-corrected chi connectivity index (χ2v) is 4.38. The average molecular weight is 223 g/mol. The largest absolute Gasteiger partial charge is 0.311 e. The van der Waals surface area contributed by atoms with Crippen LogP contribution >= 0.6 is 0 Å². The predicted molar refractivity (Wildman–Crippen MR) is 71.4 cm³/mol. The molecule has 0 spiro atoms. The van der Waals surface area contributed by atoms with E-state index in [9.17, 15) is 4.79 Å². The minimum absolute atomic E-state index is 0.0717. The van der Waals surface area contributed by atoms with Gasteiger partial charge in [0.25, 0.3) is 5.56 Å². The number of para-hydroxylation sites is 1. The Balaban J connectivity index is 2.77. The standard InChI is InChI=1S/C15H13NO/c1-10-6-5-8-12-14(10)11-7-3-4-9-13(11)16(2)15(12)17/h3-9H,1-2H3. The Labute approximate surface area is 99.1 Å². The molecule has 0 bridgehead atoms. The first-order chi connectivity index (χ1) is 8.20. The van der Waals surface area contributed by atoms with Crippen molar-refractivity contribution in [3.05, 3.63) is 58.4 Å². The molecule has 0 amide bonds. The fourth-order valence-electron chi connectivity index (χ4n) is 2.47. The lowest BCUT2D eigenvalue weighted by Crippen LogP contribution is -2.17. The molecule has 0 saturated heterocycles. The maximum absolute atomic E-state index is 12.3. The van der Waals surface area contributed by atoms with Crippen LogP contribution in [0, 0.1) is 6.92 Å². The molecule has 2 nitrogen and oxygen atoms in total. The van der Waals surface area contributed by atoms with Crippen LogP contribution in [0.4, 0.5) is 0 Å². The molecule has 0 radical (unpaired) electrons. The molecular formula is C15H13NO. The summed E-state index contributed by atoms with van der Waals surface area (Å²) in [6.07, 6.45) is 0. The molecule has 3 rings (SSSR count). The van der Waals surface area contributed by atoms with Gasteiger partial charge in [-0.15, -0.1) is 0 Å². The van der Waals surface area contributed by atoms with Gasteiger partial charge in [0.15, 0.2) is 0 Å². The fraction of sp³-hybridized carbons (Fsp3) is 0.133. The molecule has 2 heteroatoms. The molecule has 17 heavy (non-hydrogen) atoms. The van der Waals surface area contributed by atoms with Gasteiger partial charge in [-0.05, 0) is 30.0 Å². The van der Waals surface area contributed by atoms with Gasteiger partial charge in [-0.2, -0.15) is 0 Å². The highest BCUT2D eigenvalue weighted by molar-refractivity contribution is 6.07. The molecule has 0 N–H and O–H groups in total. The number of aryl methyl sites for hydroxylation is 2. The van der Waals surface area contributed by atoms with E-state index in [1.807, 2.05) is 50.4 Å². The average Bonchev–Trinajstić information content (AvgIpc) is 2.36. The maximum atomic E-state index is 12.3. The smallest absolute Gasteiger partial charge is 0.258 e. The molecular weight excluding hydrogens is 210 g/mol. The highest BCUT2D eigenvalue weighted by Crippen LogP contribution is 2.24. The minimum Gasteiger partial charge on any atom is -0.311 e. The van der Waals surface area contributed by atoms with Gasteiger partial charge in [0.2, 0.25) is 0 Å². The Hall–Kier alpha value is -2.09. The summed E-state index contributed by atoms with van der Waals surface area (Å²) in [6.45, 7) is 2.05. The number of nitrogens with zero attached hydrogens (tertiary/aromatic N) is 1. The molecule has 0 fully saturated rings. The van der Waals surface area contributed by atoms with Crippen LogP contribution in [0.5, 0.6) is 0 Å². The molecule has 3 aromatic rings. The van der Waals surface area contributed by atoms with Crippen molar-refractivity contribution in [1.29, 1.82) is 0 Å². The molecule has 0 saturated carbocycles. The number of hydrogen-bond donors (Lipinski definition) is 0. The monoisotopic (exact) mass is 223 g/mol. The van der Waals surface area contributed by atoms with Gasteiger partial charge in [-0.1, -0.05) is 30.3 Å². The van der Waals surface area contributed by atoms with Gasteiger partial charge in [0, 0.05) is 17.8 Å². The van der Waals surface area contributed by atoms with Crippen molar-refractivity contribution < 1.29 is 0 Å². The summed E-state index contributed by atoms with van der Waals surface area (Å²) < 4.78 is 1.72. The minimum atomic E-state index is 0.0717. The first kappa shape index (κ1) is 10.1. The van der Waals surface area contributed by atoms with Crippen LogP contribution < -0.4 is 5.56 Å². The zero-order chi connectivity index (χ0) is 12.0. The molecule has 0 aliphatic carbocycles. The summed E-state index contributed by atoms with van der Waals surface area (Å²) in [4.78, 5) is 12.3. The quantitative estimate of drug-likeness (QED) is 0.537. The van der Waals surface area contributed by atoms with Gasteiger partial charge < -0.3 is 4.57 Å². The normalized spacial score (nSPS) is 11.2. The van der Waals surface area contributed by atoms with Crippen molar-refractivity contribution in [3.8, 4) is 0 Å². The van der Waals surface area contributed by atoms with E-state index in [0.717, 1.165) is 27.2 Å². The van der Waals surface area contributed by atoms with Crippen LogP contribution in [0.2, 0.25) is 0 Å². The summed E-state index contributed by atoms with van der Waals surface area (Å²) in [7, 11) is 1.83. The highest BCUT2D eigenvalue weighted by Gasteiger charge is 2.08. The van der Waals surface area contributed by atoms with E-state index in [2.05, 4.69) is 6.07 Å². The van der Waals surface area contributed by atoms with Crippen LogP contribution in [0.3, 0.4) is 0 Å². The Morgan fingerprint density at radius 2 is 1.65 bits per heavy atom. The highest BCUT2D eigenvalue weighted by atomic mass is 16.1. The third kappa shape index (κ3) is 1.30. The topological polar surface area (TPSA) is 22.0 Å². The number of benzene rings is 2. The Morgan fingerprint density at radius 1 is 0.941 bits per heavy atom. The van der Waals surface area contributed by atoms with Gasteiger partial charge in [0.05, 0.1) is 5.52 Å². The summed E-state index contributed by atoms with van der Waals surface area (Å²) in [5.41, 5.74) is 2.21. The summed E-state index contributed by atoms with van der Waals surface area (Å²) in [5, 5.41) is 3.01. The summed E-state index contributed by atoms with van der Waals surface area (Å²) in [5.74, 6) is 0. The number of aromatic nitrogens is 1. The van der Waals surface area contributed by atoms with Crippen LogP contribution in [-0.2, 0) is 7.05 Å².